The third-order valence-electron chi connectivity index (χ3n) is 6.14. The van der Waals surface area contributed by atoms with Gasteiger partial charge in [-0.25, -0.2) is 0 Å². The monoisotopic (exact) mass is 498 g/mol. The molecule has 0 spiro atoms. The molecule has 0 radical (unpaired) electrons. The van der Waals surface area contributed by atoms with Crippen LogP contribution in [0.1, 0.15) is 42.9 Å². The predicted molar refractivity (Wildman–Crippen MR) is 143 cm³/mol. The molecule has 6 heteroatoms. The summed E-state index contributed by atoms with van der Waals surface area (Å²) in [5, 5.41) is 4.77. The van der Waals surface area contributed by atoms with Gasteiger partial charge in [0.1, 0.15) is 6.61 Å². The van der Waals surface area contributed by atoms with Crippen LogP contribution in [0.3, 0.4) is 0 Å². The molecule has 3 aromatic rings. The van der Waals surface area contributed by atoms with Crippen LogP contribution in [0.4, 0.5) is 11.4 Å². The van der Waals surface area contributed by atoms with Crippen LogP contribution < -0.4 is 19.7 Å². The molecule has 4 nitrogen and oxygen atoms in total. The van der Waals surface area contributed by atoms with Gasteiger partial charge in [0.2, 0.25) is 0 Å². The van der Waals surface area contributed by atoms with E-state index < -0.39 is 0 Å². The van der Waals surface area contributed by atoms with Crippen molar-refractivity contribution >= 4 is 34.6 Å². The molecule has 1 N–H and O–H groups in total. The molecule has 34 heavy (non-hydrogen) atoms. The van der Waals surface area contributed by atoms with Crippen LogP contribution in [0.5, 0.6) is 11.5 Å². The molecule has 1 aliphatic rings. The maximum atomic E-state index is 6.63. The molecule has 0 bridgehead atoms. The number of ether oxygens (including phenoxy) is 2. The summed E-state index contributed by atoms with van der Waals surface area (Å²) < 4.78 is 12.0. The Morgan fingerprint density at radius 3 is 2.44 bits per heavy atom. The number of hydrogen-bond acceptors (Lipinski definition) is 4. The van der Waals surface area contributed by atoms with Crippen molar-refractivity contribution in [2.24, 2.45) is 0 Å². The molecule has 3 aromatic carbocycles. The zero-order valence-corrected chi connectivity index (χ0v) is 21.4. The molecule has 0 aliphatic carbocycles. The molecule has 1 heterocycles. The van der Waals surface area contributed by atoms with Gasteiger partial charge in [0, 0.05) is 25.3 Å². The van der Waals surface area contributed by atoms with Gasteiger partial charge in [-0.3, -0.25) is 0 Å². The van der Waals surface area contributed by atoms with Crippen LogP contribution in [-0.2, 0) is 13.2 Å². The van der Waals surface area contributed by atoms with Crippen molar-refractivity contribution in [3.63, 3.8) is 0 Å². The fourth-order valence-electron chi connectivity index (χ4n) is 4.26. The number of piperidine rings is 1. The summed E-state index contributed by atoms with van der Waals surface area (Å²) in [6.45, 7) is 7.73. The maximum absolute atomic E-state index is 6.63. The lowest BCUT2D eigenvalue weighted by atomic mass is 10.1. The van der Waals surface area contributed by atoms with E-state index in [4.69, 9.17) is 32.7 Å². The lowest BCUT2D eigenvalue weighted by molar-refractivity contribution is 0.269. The number of anilines is 2. The first-order valence-corrected chi connectivity index (χ1v) is 12.7. The molecule has 180 valence electrons. The minimum atomic E-state index is 0.436. The summed E-state index contributed by atoms with van der Waals surface area (Å²) in [7, 11) is 0. The summed E-state index contributed by atoms with van der Waals surface area (Å²) >= 11 is 13.2. The SMILES string of the molecule is CCOc1cc(CNc2ccc(N3CCCCC3)c(Cl)c2)cc(Cl)c1OCc1ccccc1C. The number of nitrogens with zero attached hydrogens (tertiary/aromatic N) is 1. The lowest BCUT2D eigenvalue weighted by Gasteiger charge is -2.29. The number of benzene rings is 3. The first-order chi connectivity index (χ1) is 16.5. The van der Waals surface area contributed by atoms with Crippen molar-refractivity contribution in [2.75, 3.05) is 29.9 Å². The maximum Gasteiger partial charge on any atom is 0.180 e. The molecule has 1 aliphatic heterocycles. The average molecular weight is 499 g/mol. The minimum absolute atomic E-state index is 0.436. The highest BCUT2D eigenvalue weighted by Crippen LogP contribution is 2.38. The Balaban J connectivity index is 1.45. The summed E-state index contributed by atoms with van der Waals surface area (Å²) in [6.07, 6.45) is 3.75. The first-order valence-electron chi connectivity index (χ1n) is 12.0. The Bertz CT molecular complexity index is 1110. The van der Waals surface area contributed by atoms with E-state index in [0.717, 1.165) is 40.6 Å². The van der Waals surface area contributed by atoms with Gasteiger partial charge in [-0.1, -0.05) is 47.5 Å². The fourth-order valence-corrected chi connectivity index (χ4v) is 4.85. The highest BCUT2D eigenvalue weighted by molar-refractivity contribution is 6.33. The first kappa shape index (κ1) is 24.6. The van der Waals surface area contributed by atoms with Crippen LogP contribution in [-0.4, -0.2) is 19.7 Å². The fraction of sp³-hybridized carbons (Fsp3) is 0.357. The van der Waals surface area contributed by atoms with Crippen molar-refractivity contribution in [1.82, 2.24) is 0 Å². The van der Waals surface area contributed by atoms with Gasteiger partial charge in [-0.05, 0) is 80.1 Å². The van der Waals surface area contributed by atoms with Gasteiger partial charge in [0.15, 0.2) is 11.5 Å². The lowest BCUT2D eigenvalue weighted by Crippen LogP contribution is -2.29. The van der Waals surface area contributed by atoms with E-state index in [1.807, 2.05) is 37.3 Å². The highest BCUT2D eigenvalue weighted by atomic mass is 35.5. The van der Waals surface area contributed by atoms with Crippen LogP contribution in [0.15, 0.2) is 54.6 Å². The second-order valence-electron chi connectivity index (χ2n) is 8.62. The van der Waals surface area contributed by atoms with Crippen LogP contribution in [0.25, 0.3) is 0 Å². The highest BCUT2D eigenvalue weighted by Gasteiger charge is 2.16. The average Bonchev–Trinajstić information content (AvgIpc) is 2.84. The summed E-state index contributed by atoms with van der Waals surface area (Å²) in [4.78, 5) is 2.37. The summed E-state index contributed by atoms with van der Waals surface area (Å²) in [5.74, 6) is 1.23. The second kappa shape index (κ2) is 11.7. The third-order valence-corrected chi connectivity index (χ3v) is 6.73. The Morgan fingerprint density at radius 1 is 0.912 bits per heavy atom. The van der Waals surface area contributed by atoms with E-state index in [-0.39, 0.29) is 0 Å². The van der Waals surface area contributed by atoms with E-state index in [9.17, 15) is 0 Å². The van der Waals surface area contributed by atoms with E-state index in [1.165, 1.54) is 24.8 Å². The Hall–Kier alpha value is -2.56. The third kappa shape index (κ3) is 6.11. The quantitative estimate of drug-likeness (QED) is 0.325. The van der Waals surface area contributed by atoms with E-state index in [0.29, 0.717) is 36.3 Å². The molecular weight excluding hydrogens is 467 g/mol. The summed E-state index contributed by atoms with van der Waals surface area (Å²) in [5.41, 5.74) is 5.40. The number of halogens is 2. The van der Waals surface area contributed by atoms with Crippen LogP contribution in [0.2, 0.25) is 10.0 Å². The van der Waals surface area contributed by atoms with E-state index >= 15 is 0 Å². The van der Waals surface area contributed by atoms with E-state index in [1.54, 1.807) is 0 Å². The Morgan fingerprint density at radius 2 is 1.71 bits per heavy atom. The summed E-state index contributed by atoms with van der Waals surface area (Å²) in [6, 6.07) is 18.3. The number of nitrogens with one attached hydrogen (secondary N) is 1. The van der Waals surface area contributed by atoms with Crippen molar-refractivity contribution < 1.29 is 9.47 Å². The van der Waals surface area contributed by atoms with Crippen molar-refractivity contribution in [1.29, 1.82) is 0 Å². The van der Waals surface area contributed by atoms with Gasteiger partial charge in [0.25, 0.3) is 0 Å². The van der Waals surface area contributed by atoms with Crippen LogP contribution >= 0.6 is 23.2 Å². The van der Waals surface area contributed by atoms with Crippen molar-refractivity contribution in [3.8, 4) is 11.5 Å². The molecule has 1 saturated heterocycles. The Labute approximate surface area is 212 Å². The Kier molecular flexibility index (Phi) is 8.47. The van der Waals surface area contributed by atoms with Gasteiger partial charge >= 0.3 is 0 Å². The van der Waals surface area contributed by atoms with Crippen molar-refractivity contribution in [2.45, 2.75) is 46.3 Å². The molecule has 0 aromatic heterocycles. The van der Waals surface area contributed by atoms with Gasteiger partial charge in [-0.2, -0.15) is 0 Å². The van der Waals surface area contributed by atoms with Gasteiger partial charge in [0.05, 0.1) is 22.3 Å². The minimum Gasteiger partial charge on any atom is -0.490 e. The molecule has 0 atom stereocenters. The van der Waals surface area contributed by atoms with Gasteiger partial charge in [-0.15, -0.1) is 0 Å². The predicted octanol–water partition coefficient (Wildman–Crippen LogP) is 7.88. The smallest absolute Gasteiger partial charge is 0.180 e. The molecule has 0 unspecified atom stereocenters. The van der Waals surface area contributed by atoms with E-state index in [2.05, 4.69) is 41.4 Å². The topological polar surface area (TPSA) is 33.7 Å². The van der Waals surface area contributed by atoms with Crippen molar-refractivity contribution in [3.05, 3.63) is 81.3 Å². The number of hydrogen-bond donors (Lipinski definition) is 1. The zero-order valence-electron chi connectivity index (χ0n) is 19.9. The second-order valence-corrected chi connectivity index (χ2v) is 9.43. The largest absolute Gasteiger partial charge is 0.490 e. The molecule has 0 amide bonds. The molecule has 4 rings (SSSR count). The molecule has 0 saturated carbocycles. The molecular formula is C28H32Cl2N2O2. The molecule has 1 fully saturated rings. The van der Waals surface area contributed by atoms with Crippen LogP contribution in [0, 0.1) is 6.92 Å². The van der Waals surface area contributed by atoms with Gasteiger partial charge < -0.3 is 19.7 Å². The normalized spacial score (nSPS) is 13.6. The standard InChI is InChI=1S/C28H32Cl2N2O2/c1-3-33-27-16-21(15-25(30)28(27)34-19-22-10-6-5-9-20(22)2)18-31-23-11-12-26(24(29)17-23)32-13-7-4-8-14-32/h5-6,9-12,15-17,31H,3-4,7-8,13-14,18-19H2,1-2H3. The zero-order chi connectivity index (χ0) is 23.9. The number of rotatable bonds is 9. The number of aryl methyl sites for hydroxylation is 1.